The molecule has 1 heterocycles. The molecule has 0 spiro atoms. The lowest BCUT2D eigenvalue weighted by Gasteiger charge is -2.40. The Labute approximate surface area is 93.5 Å². The second-order valence-electron chi connectivity index (χ2n) is 3.63. The lowest BCUT2D eigenvalue weighted by atomic mass is 9.97. The molecule has 1 saturated heterocycles. The number of hydrogen-bond donors (Lipinski definition) is 5. The Kier molecular flexibility index (Phi) is 4.45. The number of aliphatic hydroxyl groups excluding tert-OH is 4. The van der Waals surface area contributed by atoms with Crippen molar-refractivity contribution in [2.24, 2.45) is 0 Å². The summed E-state index contributed by atoms with van der Waals surface area (Å²) < 4.78 is 4.93. The first-order valence-corrected chi connectivity index (χ1v) is 4.89. The standard InChI is InChI=1S/C10H17NO5/c1-3-5(2)11-7-9(14)8(13)6(4-12)16-10(7)15/h3,6-15H,1-2,4H2/t6-,7-,8-,9-,10?/m1/s1. The molecule has 6 nitrogen and oxygen atoms in total. The van der Waals surface area contributed by atoms with Crippen LogP contribution in [0.25, 0.3) is 0 Å². The number of ether oxygens (including phenoxy) is 1. The first kappa shape index (κ1) is 13.1. The molecule has 92 valence electrons. The van der Waals surface area contributed by atoms with E-state index in [4.69, 9.17) is 9.84 Å². The van der Waals surface area contributed by atoms with Gasteiger partial charge in [0.15, 0.2) is 6.29 Å². The van der Waals surface area contributed by atoms with Crippen molar-refractivity contribution in [3.05, 3.63) is 24.9 Å². The van der Waals surface area contributed by atoms with E-state index in [1.165, 1.54) is 6.08 Å². The minimum Gasteiger partial charge on any atom is -0.394 e. The molecular weight excluding hydrogens is 214 g/mol. The molecule has 1 aliphatic heterocycles. The molecule has 1 fully saturated rings. The maximum absolute atomic E-state index is 9.71. The van der Waals surface area contributed by atoms with Crippen molar-refractivity contribution in [2.75, 3.05) is 6.61 Å². The van der Waals surface area contributed by atoms with Gasteiger partial charge in [-0.2, -0.15) is 0 Å². The Morgan fingerprint density at radius 1 is 1.31 bits per heavy atom. The number of aliphatic hydroxyl groups is 4. The smallest absolute Gasteiger partial charge is 0.178 e. The van der Waals surface area contributed by atoms with E-state index in [0.29, 0.717) is 5.70 Å². The van der Waals surface area contributed by atoms with Crippen molar-refractivity contribution < 1.29 is 25.2 Å². The lowest BCUT2D eigenvalue weighted by Crippen LogP contribution is -2.62. The second kappa shape index (κ2) is 5.42. The van der Waals surface area contributed by atoms with Crippen LogP contribution >= 0.6 is 0 Å². The van der Waals surface area contributed by atoms with Crippen molar-refractivity contribution in [3.63, 3.8) is 0 Å². The van der Waals surface area contributed by atoms with Crippen LogP contribution in [0.4, 0.5) is 0 Å². The van der Waals surface area contributed by atoms with Crippen LogP contribution in [0.3, 0.4) is 0 Å². The van der Waals surface area contributed by atoms with Gasteiger partial charge in [-0.05, 0) is 6.08 Å². The van der Waals surface area contributed by atoms with Crippen LogP contribution in [0.1, 0.15) is 0 Å². The predicted molar refractivity (Wildman–Crippen MR) is 56.2 cm³/mol. The summed E-state index contributed by atoms with van der Waals surface area (Å²) in [4.78, 5) is 0. The third-order valence-electron chi connectivity index (χ3n) is 2.50. The van der Waals surface area contributed by atoms with E-state index in [1.807, 2.05) is 0 Å². The zero-order valence-electron chi connectivity index (χ0n) is 8.78. The van der Waals surface area contributed by atoms with E-state index < -0.39 is 37.3 Å². The molecule has 1 rings (SSSR count). The second-order valence-corrected chi connectivity index (χ2v) is 3.63. The van der Waals surface area contributed by atoms with Crippen molar-refractivity contribution in [1.29, 1.82) is 0 Å². The summed E-state index contributed by atoms with van der Waals surface area (Å²) in [6, 6.07) is -0.914. The van der Waals surface area contributed by atoms with Gasteiger partial charge < -0.3 is 30.5 Å². The zero-order chi connectivity index (χ0) is 12.3. The average molecular weight is 231 g/mol. The normalized spacial score (nSPS) is 39.1. The van der Waals surface area contributed by atoms with E-state index in [2.05, 4.69) is 18.5 Å². The summed E-state index contributed by atoms with van der Waals surface area (Å²) in [7, 11) is 0. The zero-order valence-corrected chi connectivity index (χ0v) is 8.78. The highest BCUT2D eigenvalue weighted by molar-refractivity contribution is 5.11. The molecule has 0 aromatic carbocycles. The van der Waals surface area contributed by atoms with Gasteiger partial charge >= 0.3 is 0 Å². The highest BCUT2D eigenvalue weighted by atomic mass is 16.6. The number of hydrogen-bond acceptors (Lipinski definition) is 6. The Hall–Kier alpha value is -0.920. The fraction of sp³-hybridized carbons (Fsp3) is 0.600. The molecule has 0 radical (unpaired) electrons. The first-order chi connectivity index (χ1) is 7.51. The fourth-order valence-electron chi connectivity index (χ4n) is 1.53. The molecule has 0 aromatic heterocycles. The van der Waals surface area contributed by atoms with E-state index in [0.717, 1.165) is 0 Å². The topological polar surface area (TPSA) is 102 Å². The minimum atomic E-state index is -1.34. The number of nitrogens with one attached hydrogen (secondary N) is 1. The molecular formula is C10H17NO5. The average Bonchev–Trinajstić information content (AvgIpc) is 2.28. The van der Waals surface area contributed by atoms with Crippen LogP contribution in [0.5, 0.6) is 0 Å². The van der Waals surface area contributed by atoms with Gasteiger partial charge in [-0.3, -0.25) is 0 Å². The van der Waals surface area contributed by atoms with Gasteiger partial charge in [0.2, 0.25) is 0 Å². The predicted octanol–water partition coefficient (Wildman–Crippen LogP) is -1.92. The largest absolute Gasteiger partial charge is 0.394 e. The van der Waals surface area contributed by atoms with Gasteiger partial charge in [0, 0.05) is 5.70 Å². The molecule has 0 amide bonds. The molecule has 5 N–H and O–H groups in total. The molecule has 16 heavy (non-hydrogen) atoms. The maximum atomic E-state index is 9.71. The highest BCUT2D eigenvalue weighted by Crippen LogP contribution is 2.20. The number of rotatable bonds is 4. The molecule has 0 bridgehead atoms. The van der Waals surface area contributed by atoms with Gasteiger partial charge in [-0.25, -0.2) is 0 Å². The van der Waals surface area contributed by atoms with Crippen molar-refractivity contribution in [1.82, 2.24) is 5.32 Å². The summed E-state index contributed by atoms with van der Waals surface area (Å²) in [5.41, 5.74) is 0.390. The maximum Gasteiger partial charge on any atom is 0.178 e. The third kappa shape index (κ3) is 2.60. The summed E-state index contributed by atoms with van der Waals surface area (Å²) in [5, 5.41) is 40.4. The Bertz CT molecular complexity index is 270. The molecule has 0 aromatic rings. The van der Waals surface area contributed by atoms with E-state index >= 15 is 0 Å². The van der Waals surface area contributed by atoms with Crippen LogP contribution in [0.2, 0.25) is 0 Å². The summed E-state index contributed by atoms with van der Waals surface area (Å²) >= 11 is 0. The van der Waals surface area contributed by atoms with Crippen molar-refractivity contribution in [2.45, 2.75) is 30.6 Å². The van der Waals surface area contributed by atoms with E-state index in [1.54, 1.807) is 0 Å². The van der Waals surface area contributed by atoms with E-state index in [9.17, 15) is 15.3 Å². The third-order valence-corrected chi connectivity index (χ3v) is 2.50. The molecule has 1 aliphatic rings. The van der Waals surface area contributed by atoms with Gasteiger partial charge in [0.1, 0.15) is 24.4 Å². The van der Waals surface area contributed by atoms with Crippen LogP contribution < -0.4 is 5.32 Å². The van der Waals surface area contributed by atoms with Crippen molar-refractivity contribution in [3.8, 4) is 0 Å². The van der Waals surface area contributed by atoms with Gasteiger partial charge in [-0.1, -0.05) is 13.2 Å². The minimum absolute atomic E-state index is 0.390. The fourth-order valence-corrected chi connectivity index (χ4v) is 1.53. The van der Waals surface area contributed by atoms with E-state index in [-0.39, 0.29) is 0 Å². The van der Waals surface area contributed by atoms with Gasteiger partial charge in [0.05, 0.1) is 6.61 Å². The highest BCUT2D eigenvalue weighted by Gasteiger charge is 2.43. The van der Waals surface area contributed by atoms with Crippen LogP contribution in [0, 0.1) is 0 Å². The van der Waals surface area contributed by atoms with Crippen molar-refractivity contribution >= 4 is 0 Å². The number of allylic oxidation sites excluding steroid dienone is 1. The molecule has 6 heteroatoms. The quantitative estimate of drug-likeness (QED) is 0.361. The summed E-state index contributed by atoms with van der Waals surface area (Å²) in [6.07, 6.45) is -3.47. The Morgan fingerprint density at radius 3 is 2.44 bits per heavy atom. The van der Waals surface area contributed by atoms with Crippen LogP contribution in [0.15, 0.2) is 24.9 Å². The molecule has 0 aliphatic carbocycles. The first-order valence-electron chi connectivity index (χ1n) is 4.89. The van der Waals surface area contributed by atoms with Crippen LogP contribution in [-0.4, -0.2) is 57.7 Å². The molecule has 0 saturated carbocycles. The monoisotopic (exact) mass is 231 g/mol. The lowest BCUT2D eigenvalue weighted by molar-refractivity contribution is -0.253. The Morgan fingerprint density at radius 2 is 1.94 bits per heavy atom. The summed E-state index contributed by atoms with van der Waals surface area (Å²) in [5.74, 6) is 0. The Balaban J connectivity index is 2.71. The van der Waals surface area contributed by atoms with Crippen LogP contribution in [-0.2, 0) is 4.74 Å². The summed E-state index contributed by atoms with van der Waals surface area (Å²) in [6.45, 7) is 6.54. The molecule has 1 unspecified atom stereocenters. The van der Waals surface area contributed by atoms with Gasteiger partial charge in [0.25, 0.3) is 0 Å². The van der Waals surface area contributed by atoms with Gasteiger partial charge in [-0.15, -0.1) is 0 Å². The SMILES string of the molecule is C=CC(=C)N[C@H]1C(O)O[C@H](CO)[C@@H](O)[C@@H]1O. The molecule has 5 atom stereocenters.